The fourth-order valence-electron chi connectivity index (χ4n) is 3.73. The number of halogens is 1. The van der Waals surface area contributed by atoms with E-state index in [1.54, 1.807) is 12.1 Å². The second-order valence-corrected chi connectivity index (χ2v) is 8.40. The lowest BCUT2D eigenvalue weighted by Gasteiger charge is -2.29. The third-order valence-corrected chi connectivity index (χ3v) is 6.02. The Labute approximate surface area is 181 Å². The van der Waals surface area contributed by atoms with E-state index < -0.39 is 0 Å². The van der Waals surface area contributed by atoms with E-state index in [9.17, 15) is 9.18 Å². The first-order chi connectivity index (χ1) is 15.1. The number of para-hydroxylation sites is 2. The van der Waals surface area contributed by atoms with E-state index in [1.165, 1.54) is 23.5 Å². The van der Waals surface area contributed by atoms with Crippen molar-refractivity contribution in [2.75, 3.05) is 20.2 Å². The van der Waals surface area contributed by atoms with E-state index in [0.29, 0.717) is 35.7 Å². The highest BCUT2D eigenvalue weighted by atomic mass is 32.1. The van der Waals surface area contributed by atoms with Crippen molar-refractivity contribution in [2.24, 2.45) is 0 Å². The average Bonchev–Trinajstić information content (AvgIpc) is 3.18. The van der Waals surface area contributed by atoms with Crippen molar-refractivity contribution < 1.29 is 13.9 Å². The summed E-state index contributed by atoms with van der Waals surface area (Å²) in [5.41, 5.74) is 1.36. The minimum atomic E-state index is -0.309. The predicted octanol–water partition coefficient (Wildman–Crippen LogP) is 4.06. The van der Waals surface area contributed by atoms with E-state index in [-0.39, 0.29) is 17.5 Å². The maximum Gasteiger partial charge on any atom is 0.260 e. The Morgan fingerprint density at radius 1 is 1.19 bits per heavy atom. The minimum absolute atomic E-state index is 0.109. The molecule has 1 aliphatic rings. The molecule has 5 rings (SSSR count). The van der Waals surface area contributed by atoms with Crippen LogP contribution in [0.5, 0.6) is 11.5 Å². The monoisotopic (exact) mass is 437 g/mol. The minimum Gasteiger partial charge on any atom is -0.486 e. The van der Waals surface area contributed by atoms with Crippen LogP contribution in [0, 0.1) is 5.82 Å². The number of thiophene rings is 1. The summed E-state index contributed by atoms with van der Waals surface area (Å²) >= 11 is 1.41. The van der Waals surface area contributed by atoms with Gasteiger partial charge < -0.3 is 14.5 Å². The van der Waals surface area contributed by atoms with Gasteiger partial charge in [-0.2, -0.15) is 0 Å². The van der Waals surface area contributed by atoms with E-state index in [0.717, 1.165) is 22.6 Å². The molecule has 4 aromatic rings. The SMILES string of the molecule is CN(Cc1nc2scc(-c3ccc(F)cc3)c2c(=O)[nH]1)CC1COc2ccccc2O1. The molecule has 6 nitrogen and oxygen atoms in total. The molecule has 0 saturated carbocycles. The first kappa shape index (κ1) is 19.7. The Hall–Kier alpha value is -3.23. The average molecular weight is 437 g/mol. The maximum absolute atomic E-state index is 13.2. The zero-order valence-electron chi connectivity index (χ0n) is 16.8. The van der Waals surface area contributed by atoms with Crippen LogP contribution in [-0.2, 0) is 6.54 Å². The Kier molecular flexibility index (Phi) is 5.17. The third-order valence-electron chi connectivity index (χ3n) is 5.15. The van der Waals surface area contributed by atoms with Gasteiger partial charge in [0.1, 0.15) is 29.2 Å². The van der Waals surface area contributed by atoms with Crippen LogP contribution < -0.4 is 15.0 Å². The number of benzene rings is 2. The molecule has 1 aliphatic heterocycles. The number of nitrogens with one attached hydrogen (secondary N) is 1. The van der Waals surface area contributed by atoms with Gasteiger partial charge in [0.15, 0.2) is 11.5 Å². The summed E-state index contributed by atoms with van der Waals surface area (Å²) in [7, 11) is 1.95. The summed E-state index contributed by atoms with van der Waals surface area (Å²) in [4.78, 5) is 23.0. The lowest BCUT2D eigenvalue weighted by Crippen LogP contribution is -2.39. The number of nitrogens with zero attached hydrogens (tertiary/aromatic N) is 2. The van der Waals surface area contributed by atoms with Gasteiger partial charge in [-0.15, -0.1) is 11.3 Å². The number of aromatic nitrogens is 2. The van der Waals surface area contributed by atoms with Gasteiger partial charge in [-0.25, -0.2) is 9.37 Å². The van der Waals surface area contributed by atoms with Crippen LogP contribution in [0.1, 0.15) is 5.82 Å². The van der Waals surface area contributed by atoms with Gasteiger partial charge in [0.05, 0.1) is 11.9 Å². The molecule has 0 amide bonds. The normalized spacial score (nSPS) is 15.5. The van der Waals surface area contributed by atoms with Gasteiger partial charge in [0.25, 0.3) is 5.56 Å². The number of hydrogen-bond acceptors (Lipinski definition) is 6. The van der Waals surface area contributed by atoms with Gasteiger partial charge in [-0.05, 0) is 36.9 Å². The highest BCUT2D eigenvalue weighted by Gasteiger charge is 2.22. The van der Waals surface area contributed by atoms with Crippen LogP contribution in [0.3, 0.4) is 0 Å². The van der Waals surface area contributed by atoms with Gasteiger partial charge in [0.2, 0.25) is 0 Å². The zero-order chi connectivity index (χ0) is 21.4. The van der Waals surface area contributed by atoms with Crippen molar-refractivity contribution in [3.8, 4) is 22.6 Å². The van der Waals surface area contributed by atoms with E-state index >= 15 is 0 Å². The second-order valence-electron chi connectivity index (χ2n) is 7.54. The lowest BCUT2D eigenvalue weighted by molar-refractivity contribution is 0.0632. The van der Waals surface area contributed by atoms with Gasteiger partial charge >= 0.3 is 0 Å². The molecular weight excluding hydrogens is 417 g/mol. The highest BCUT2D eigenvalue weighted by Crippen LogP contribution is 2.32. The fourth-order valence-corrected chi connectivity index (χ4v) is 4.70. The van der Waals surface area contributed by atoms with E-state index in [1.807, 2.05) is 41.6 Å². The van der Waals surface area contributed by atoms with Gasteiger partial charge in [-0.1, -0.05) is 24.3 Å². The van der Waals surface area contributed by atoms with Crippen LogP contribution in [0.2, 0.25) is 0 Å². The lowest BCUT2D eigenvalue weighted by atomic mass is 10.1. The van der Waals surface area contributed by atoms with Crippen molar-refractivity contribution >= 4 is 21.6 Å². The van der Waals surface area contributed by atoms with Crippen molar-refractivity contribution in [1.29, 1.82) is 0 Å². The number of fused-ring (bicyclic) bond motifs is 2. The molecule has 0 saturated heterocycles. The molecule has 2 aromatic carbocycles. The number of hydrogen-bond donors (Lipinski definition) is 1. The topological polar surface area (TPSA) is 67.5 Å². The number of ether oxygens (including phenoxy) is 2. The smallest absolute Gasteiger partial charge is 0.260 e. The van der Waals surface area contributed by atoms with Crippen LogP contribution in [-0.4, -0.2) is 41.2 Å². The molecule has 1 N–H and O–H groups in total. The van der Waals surface area contributed by atoms with Crippen LogP contribution in [0.25, 0.3) is 21.3 Å². The van der Waals surface area contributed by atoms with E-state index in [4.69, 9.17) is 9.47 Å². The predicted molar refractivity (Wildman–Crippen MR) is 118 cm³/mol. The standard InChI is InChI=1S/C23H20FN3O3S/c1-27(10-16-12-29-18-4-2-3-5-19(18)30-16)11-20-25-22(28)21-17(13-31-23(21)26-20)14-6-8-15(24)9-7-14/h2-9,13,16H,10-12H2,1H3,(H,25,26,28). The molecule has 0 radical (unpaired) electrons. The first-order valence-corrected chi connectivity index (χ1v) is 10.8. The van der Waals surface area contributed by atoms with Gasteiger partial charge in [0, 0.05) is 17.5 Å². The Bertz CT molecular complexity index is 1290. The van der Waals surface area contributed by atoms with Crippen molar-refractivity contribution in [2.45, 2.75) is 12.6 Å². The summed E-state index contributed by atoms with van der Waals surface area (Å²) < 4.78 is 25.0. The molecule has 1 unspecified atom stereocenters. The fraction of sp³-hybridized carbons (Fsp3) is 0.217. The molecule has 2 aromatic heterocycles. The molecule has 0 bridgehead atoms. The first-order valence-electron chi connectivity index (χ1n) is 9.90. The summed E-state index contributed by atoms with van der Waals surface area (Å²) in [5, 5.41) is 2.42. The zero-order valence-corrected chi connectivity index (χ0v) is 17.6. The Morgan fingerprint density at radius 3 is 2.77 bits per heavy atom. The molecule has 1 atom stereocenters. The molecule has 31 heavy (non-hydrogen) atoms. The number of H-pyrrole nitrogens is 1. The quantitative estimate of drug-likeness (QED) is 0.510. The largest absolute Gasteiger partial charge is 0.486 e. The summed E-state index contributed by atoms with van der Waals surface area (Å²) in [6.07, 6.45) is -0.109. The molecule has 3 heterocycles. The number of aromatic amines is 1. The second kappa shape index (κ2) is 8.13. The molecule has 8 heteroatoms. The van der Waals surface area contributed by atoms with Crippen molar-refractivity contribution in [3.63, 3.8) is 0 Å². The molecular formula is C23H20FN3O3S. The van der Waals surface area contributed by atoms with Crippen molar-refractivity contribution in [3.05, 3.63) is 75.9 Å². The van der Waals surface area contributed by atoms with E-state index in [2.05, 4.69) is 9.97 Å². The molecule has 0 aliphatic carbocycles. The number of likely N-dealkylation sites (N-methyl/N-ethyl adjacent to an activating group) is 1. The molecule has 0 fully saturated rings. The highest BCUT2D eigenvalue weighted by molar-refractivity contribution is 7.17. The van der Waals surface area contributed by atoms with Crippen LogP contribution in [0.4, 0.5) is 4.39 Å². The van der Waals surface area contributed by atoms with Gasteiger partial charge in [-0.3, -0.25) is 9.69 Å². The van der Waals surface area contributed by atoms with Crippen molar-refractivity contribution in [1.82, 2.24) is 14.9 Å². The van der Waals surface area contributed by atoms with Crippen LogP contribution in [0.15, 0.2) is 58.7 Å². The summed E-state index contributed by atoms with van der Waals surface area (Å²) in [6, 6.07) is 13.7. The number of rotatable bonds is 5. The molecule has 158 valence electrons. The third kappa shape index (κ3) is 4.04. The molecule has 0 spiro atoms. The maximum atomic E-state index is 13.2. The Morgan fingerprint density at radius 2 is 1.97 bits per heavy atom. The Balaban J connectivity index is 1.32. The summed E-state index contributed by atoms with van der Waals surface area (Å²) in [6.45, 7) is 1.56. The van der Waals surface area contributed by atoms with Crippen LogP contribution >= 0.6 is 11.3 Å². The summed E-state index contributed by atoms with van der Waals surface area (Å²) in [5.74, 6) is 1.78.